The molecule has 9 heteroatoms. The number of aryl methyl sites for hydroxylation is 1. The summed E-state index contributed by atoms with van der Waals surface area (Å²) < 4.78 is 5.93. The SMILES string of the molecule is Cc1cc(CN(C[C@H]2CC[C@H](C(=O)O)CC2)[C@@H](C)c2ccc(Cl)cc2)ccc1OCCN1C(=O)CN(C)C1=O. The van der Waals surface area contributed by atoms with Crippen molar-refractivity contribution in [3.05, 3.63) is 64.2 Å². The van der Waals surface area contributed by atoms with Crippen LogP contribution in [0, 0.1) is 18.8 Å². The standard InChI is InChI=1S/C30H38ClN3O5/c1-20-16-23(6-13-27(20)39-15-14-34-28(35)19-32(3)30(34)38)18-33(21(2)24-9-11-26(31)12-10-24)17-22-4-7-25(8-5-22)29(36)37/h6,9-13,16,21-22,25H,4-5,7-8,14-15,17-19H2,1-3H3,(H,36,37)/t21-,22-,25-/m0/s1. The number of halogens is 1. The highest BCUT2D eigenvalue weighted by molar-refractivity contribution is 6.30. The van der Waals surface area contributed by atoms with E-state index in [0.29, 0.717) is 10.9 Å². The summed E-state index contributed by atoms with van der Waals surface area (Å²) in [6, 6.07) is 14.0. The zero-order valence-corrected chi connectivity index (χ0v) is 23.7. The molecular formula is C30H38ClN3O5. The molecule has 1 heterocycles. The second kappa shape index (κ2) is 12.8. The number of urea groups is 1. The summed E-state index contributed by atoms with van der Waals surface area (Å²) in [5, 5.41) is 10.1. The average Bonchev–Trinajstić information content (AvgIpc) is 3.15. The third kappa shape index (κ3) is 7.31. The molecule has 0 aromatic heterocycles. The highest BCUT2D eigenvalue weighted by Crippen LogP contribution is 2.33. The molecule has 1 saturated heterocycles. The maximum Gasteiger partial charge on any atom is 0.327 e. The van der Waals surface area contributed by atoms with Crippen molar-refractivity contribution in [2.24, 2.45) is 11.8 Å². The molecule has 210 valence electrons. The van der Waals surface area contributed by atoms with Crippen LogP contribution in [0.3, 0.4) is 0 Å². The highest BCUT2D eigenvalue weighted by Gasteiger charge is 2.33. The highest BCUT2D eigenvalue weighted by atomic mass is 35.5. The van der Waals surface area contributed by atoms with Gasteiger partial charge in [0.05, 0.1) is 12.5 Å². The van der Waals surface area contributed by atoms with Gasteiger partial charge in [-0.25, -0.2) is 4.79 Å². The van der Waals surface area contributed by atoms with Gasteiger partial charge in [0.1, 0.15) is 18.9 Å². The Bertz CT molecular complexity index is 1180. The Morgan fingerprint density at radius 3 is 2.41 bits per heavy atom. The predicted octanol–water partition coefficient (Wildman–Crippen LogP) is 5.38. The number of hydrogen-bond donors (Lipinski definition) is 1. The molecule has 2 aromatic rings. The minimum atomic E-state index is -0.677. The van der Waals surface area contributed by atoms with E-state index in [1.807, 2.05) is 25.1 Å². The number of benzene rings is 2. The number of ether oxygens (including phenoxy) is 1. The summed E-state index contributed by atoms with van der Waals surface area (Å²) in [7, 11) is 1.61. The number of carbonyl (C=O) groups is 3. The molecule has 0 radical (unpaired) electrons. The molecule has 2 fully saturated rings. The van der Waals surface area contributed by atoms with Crippen molar-refractivity contribution in [2.45, 2.75) is 52.1 Å². The Hall–Kier alpha value is -3.10. The molecule has 0 unspecified atom stereocenters. The van der Waals surface area contributed by atoms with E-state index in [0.717, 1.165) is 55.6 Å². The lowest BCUT2D eigenvalue weighted by atomic mass is 9.81. The number of aliphatic carboxylic acids is 1. The van der Waals surface area contributed by atoms with Gasteiger partial charge >= 0.3 is 12.0 Å². The summed E-state index contributed by atoms with van der Waals surface area (Å²) in [6.07, 6.45) is 3.31. The number of rotatable bonds is 11. The van der Waals surface area contributed by atoms with Crippen LogP contribution in [0.25, 0.3) is 0 Å². The van der Waals surface area contributed by atoms with Crippen molar-refractivity contribution in [1.82, 2.24) is 14.7 Å². The van der Waals surface area contributed by atoms with E-state index >= 15 is 0 Å². The van der Waals surface area contributed by atoms with Crippen LogP contribution in [0.1, 0.15) is 55.3 Å². The predicted molar refractivity (Wildman–Crippen MR) is 150 cm³/mol. The quantitative estimate of drug-likeness (QED) is 0.375. The second-order valence-corrected chi connectivity index (χ2v) is 11.3. The van der Waals surface area contributed by atoms with E-state index in [4.69, 9.17) is 16.3 Å². The molecule has 2 aliphatic rings. The lowest BCUT2D eigenvalue weighted by molar-refractivity contribution is -0.143. The maximum absolute atomic E-state index is 12.1. The number of hydrogen-bond acceptors (Lipinski definition) is 5. The topological polar surface area (TPSA) is 90.4 Å². The van der Waals surface area contributed by atoms with Gasteiger partial charge in [0.25, 0.3) is 0 Å². The summed E-state index contributed by atoms with van der Waals surface area (Å²) in [5.41, 5.74) is 3.34. The summed E-state index contributed by atoms with van der Waals surface area (Å²) in [6.45, 7) is 6.41. The molecule has 39 heavy (non-hydrogen) atoms. The summed E-state index contributed by atoms with van der Waals surface area (Å²) >= 11 is 6.13. The van der Waals surface area contributed by atoms with Gasteiger partial charge in [-0.2, -0.15) is 0 Å². The third-order valence-corrected chi connectivity index (χ3v) is 8.27. The average molecular weight is 556 g/mol. The van der Waals surface area contributed by atoms with E-state index in [1.54, 1.807) is 7.05 Å². The number of imide groups is 1. The van der Waals surface area contributed by atoms with Crippen molar-refractivity contribution in [2.75, 3.05) is 33.3 Å². The number of nitrogens with zero attached hydrogens (tertiary/aromatic N) is 3. The molecule has 0 spiro atoms. The van der Waals surface area contributed by atoms with Gasteiger partial charge in [0.15, 0.2) is 0 Å². The lowest BCUT2D eigenvalue weighted by Crippen LogP contribution is -2.35. The molecule has 0 bridgehead atoms. The molecule has 4 rings (SSSR count). The Balaban J connectivity index is 1.41. The Morgan fingerprint density at radius 1 is 1.13 bits per heavy atom. The Kier molecular flexibility index (Phi) is 9.51. The smallest absolute Gasteiger partial charge is 0.327 e. The van der Waals surface area contributed by atoms with E-state index in [9.17, 15) is 19.5 Å². The first-order chi connectivity index (χ1) is 18.6. The van der Waals surface area contributed by atoms with Crippen LogP contribution in [0.4, 0.5) is 4.79 Å². The molecule has 1 aliphatic heterocycles. The van der Waals surface area contributed by atoms with Crippen molar-refractivity contribution < 1.29 is 24.2 Å². The first-order valence-electron chi connectivity index (χ1n) is 13.6. The van der Waals surface area contributed by atoms with E-state index in [1.165, 1.54) is 15.4 Å². The van der Waals surface area contributed by atoms with Gasteiger partial charge < -0.3 is 14.7 Å². The van der Waals surface area contributed by atoms with Gasteiger partial charge in [-0.05, 0) is 80.3 Å². The van der Waals surface area contributed by atoms with Gasteiger partial charge in [-0.15, -0.1) is 0 Å². The molecule has 1 atom stereocenters. The first kappa shape index (κ1) is 28.9. The fourth-order valence-corrected chi connectivity index (χ4v) is 5.70. The summed E-state index contributed by atoms with van der Waals surface area (Å²) in [5.74, 6) is 0.0823. The number of carboxylic acid groups (broad SMARTS) is 1. The number of carboxylic acids is 1. The molecule has 2 aromatic carbocycles. The van der Waals surface area contributed by atoms with E-state index in [2.05, 4.69) is 36.1 Å². The van der Waals surface area contributed by atoms with Crippen LogP contribution in [-0.4, -0.2) is 71.0 Å². The van der Waals surface area contributed by atoms with E-state index < -0.39 is 5.97 Å². The maximum atomic E-state index is 12.1. The van der Waals surface area contributed by atoms with Crippen LogP contribution < -0.4 is 4.74 Å². The zero-order valence-electron chi connectivity index (χ0n) is 22.9. The van der Waals surface area contributed by atoms with Crippen LogP contribution in [0.15, 0.2) is 42.5 Å². The van der Waals surface area contributed by atoms with Crippen molar-refractivity contribution in [1.29, 1.82) is 0 Å². The zero-order chi connectivity index (χ0) is 28.1. The fraction of sp³-hybridized carbons (Fsp3) is 0.500. The largest absolute Gasteiger partial charge is 0.491 e. The van der Waals surface area contributed by atoms with Gasteiger partial charge in [0, 0.05) is 31.2 Å². The lowest BCUT2D eigenvalue weighted by Gasteiger charge is -2.35. The number of amides is 3. The van der Waals surface area contributed by atoms with Gasteiger partial charge in [-0.1, -0.05) is 35.9 Å². The first-order valence-corrected chi connectivity index (χ1v) is 14.0. The van der Waals surface area contributed by atoms with Gasteiger partial charge in [-0.3, -0.25) is 19.4 Å². The molecule has 1 saturated carbocycles. The van der Waals surface area contributed by atoms with Crippen LogP contribution in [0.2, 0.25) is 5.02 Å². The molecule has 8 nitrogen and oxygen atoms in total. The van der Waals surface area contributed by atoms with Crippen molar-refractivity contribution in [3.63, 3.8) is 0 Å². The monoisotopic (exact) mass is 555 g/mol. The number of carbonyl (C=O) groups excluding carboxylic acids is 2. The van der Waals surface area contributed by atoms with Gasteiger partial charge in [0.2, 0.25) is 5.91 Å². The number of likely N-dealkylation sites (N-methyl/N-ethyl adjacent to an activating group) is 1. The molecular weight excluding hydrogens is 518 g/mol. The third-order valence-electron chi connectivity index (χ3n) is 8.02. The fourth-order valence-electron chi connectivity index (χ4n) is 5.58. The van der Waals surface area contributed by atoms with Crippen LogP contribution >= 0.6 is 11.6 Å². The summed E-state index contributed by atoms with van der Waals surface area (Å²) in [4.78, 5) is 40.6. The van der Waals surface area contributed by atoms with E-state index in [-0.39, 0.29) is 43.6 Å². The molecule has 1 aliphatic carbocycles. The normalized spacial score (nSPS) is 20.5. The minimum absolute atomic E-state index is 0.110. The molecule has 1 N–H and O–H groups in total. The second-order valence-electron chi connectivity index (χ2n) is 10.8. The van der Waals surface area contributed by atoms with Crippen LogP contribution in [0.5, 0.6) is 5.75 Å². The molecule has 3 amide bonds. The van der Waals surface area contributed by atoms with Crippen LogP contribution in [-0.2, 0) is 16.1 Å². The minimum Gasteiger partial charge on any atom is -0.491 e. The Labute approximate surface area is 235 Å². The Morgan fingerprint density at radius 2 is 1.82 bits per heavy atom. The van der Waals surface area contributed by atoms with Crippen molar-refractivity contribution >= 4 is 29.5 Å². The van der Waals surface area contributed by atoms with Crippen molar-refractivity contribution in [3.8, 4) is 5.75 Å².